The highest BCUT2D eigenvalue weighted by molar-refractivity contribution is 5.77. The number of carbonyl (C=O) groups is 1. The number of hydrogen-bond donors (Lipinski definition) is 0. The average molecular weight is 183 g/mol. The number of aldehydes is 1. The van der Waals surface area contributed by atoms with Crippen LogP contribution in [-0.2, 0) is 0 Å². The van der Waals surface area contributed by atoms with Crippen molar-refractivity contribution < 1.29 is 4.79 Å². The molecule has 0 amide bonds. The maximum Gasteiger partial charge on any atom is 0.150 e. The van der Waals surface area contributed by atoms with Gasteiger partial charge in [0.05, 0.1) is 12.5 Å². The maximum atomic E-state index is 10.5. The number of nitrogens with zero attached hydrogens (tertiary/aromatic N) is 1. The van der Waals surface area contributed by atoms with Crippen LogP contribution in [0.15, 0.2) is 18.2 Å². The molecule has 0 aliphatic carbocycles. The molecule has 0 bridgehead atoms. The molecule has 1 rings (SSSR count). The van der Waals surface area contributed by atoms with Crippen molar-refractivity contribution >= 4 is 6.29 Å². The monoisotopic (exact) mass is 183 g/mol. The number of hydrogen-bond acceptors (Lipinski definition) is 2. The minimum atomic E-state index is 0.231. The van der Waals surface area contributed by atoms with Crippen LogP contribution < -0.4 is 0 Å². The maximum absolute atomic E-state index is 10.5. The molecule has 0 aromatic heterocycles. The van der Waals surface area contributed by atoms with Gasteiger partial charge in [-0.3, -0.25) is 4.79 Å². The summed E-state index contributed by atoms with van der Waals surface area (Å²) in [6, 6.07) is 7.30. The molecule has 1 aromatic rings. The molecule has 0 heterocycles. The van der Waals surface area contributed by atoms with E-state index in [0.29, 0.717) is 5.56 Å². The number of carbonyl (C=O) groups excluding carboxylic acids is 1. The highest BCUT2D eigenvalue weighted by atomic mass is 16.1. The first kappa shape index (κ1) is 10.0. The molecule has 0 N–H and O–H groups in total. The fourth-order valence-corrected chi connectivity index (χ4v) is 1.07. The molecule has 0 fully saturated rings. The highest BCUT2D eigenvalue weighted by Crippen LogP contribution is 2.07. The van der Waals surface area contributed by atoms with Gasteiger partial charge in [0, 0.05) is 11.1 Å². The fraction of sp³-hybridized carbons (Fsp3) is 0.167. The molecule has 0 aliphatic rings. The zero-order chi connectivity index (χ0) is 10.4. The Morgan fingerprint density at radius 3 is 2.86 bits per heavy atom. The molecule has 0 radical (unpaired) electrons. The lowest BCUT2D eigenvalue weighted by Crippen LogP contribution is -1.86. The number of aryl methyl sites for hydroxylation is 1. The van der Waals surface area contributed by atoms with Crippen LogP contribution in [-0.4, -0.2) is 6.29 Å². The van der Waals surface area contributed by atoms with Crippen LogP contribution in [0.2, 0.25) is 0 Å². The van der Waals surface area contributed by atoms with E-state index >= 15 is 0 Å². The van der Waals surface area contributed by atoms with E-state index in [2.05, 4.69) is 11.8 Å². The SMILES string of the molecule is Cc1cc(C#CCC#N)ccc1C=O. The lowest BCUT2D eigenvalue weighted by molar-refractivity contribution is 0.112. The predicted octanol–water partition coefficient (Wildman–Crippen LogP) is 2.07. The Morgan fingerprint density at radius 2 is 2.29 bits per heavy atom. The minimum absolute atomic E-state index is 0.231. The van der Waals surface area contributed by atoms with Gasteiger partial charge in [0.25, 0.3) is 0 Å². The van der Waals surface area contributed by atoms with Crippen LogP contribution in [0.25, 0.3) is 0 Å². The van der Waals surface area contributed by atoms with Gasteiger partial charge in [-0.2, -0.15) is 5.26 Å². The summed E-state index contributed by atoms with van der Waals surface area (Å²) < 4.78 is 0. The van der Waals surface area contributed by atoms with Crippen molar-refractivity contribution in [2.24, 2.45) is 0 Å². The first-order valence-electron chi connectivity index (χ1n) is 4.19. The van der Waals surface area contributed by atoms with Gasteiger partial charge in [0.15, 0.2) is 0 Å². The van der Waals surface area contributed by atoms with Crippen molar-refractivity contribution in [3.63, 3.8) is 0 Å². The van der Waals surface area contributed by atoms with Crippen LogP contribution in [0.3, 0.4) is 0 Å². The molecule has 68 valence electrons. The second-order valence-electron chi connectivity index (χ2n) is 2.83. The van der Waals surface area contributed by atoms with E-state index < -0.39 is 0 Å². The van der Waals surface area contributed by atoms with Gasteiger partial charge in [-0.1, -0.05) is 17.9 Å². The van der Waals surface area contributed by atoms with Crippen molar-refractivity contribution in [3.05, 3.63) is 34.9 Å². The zero-order valence-corrected chi connectivity index (χ0v) is 7.87. The van der Waals surface area contributed by atoms with Crippen molar-refractivity contribution in [1.82, 2.24) is 0 Å². The van der Waals surface area contributed by atoms with Crippen LogP contribution in [0.4, 0.5) is 0 Å². The molecule has 1 aromatic carbocycles. The van der Waals surface area contributed by atoms with Crippen LogP contribution in [0.5, 0.6) is 0 Å². The lowest BCUT2D eigenvalue weighted by atomic mass is 10.1. The summed E-state index contributed by atoms with van der Waals surface area (Å²) in [4.78, 5) is 10.5. The Morgan fingerprint density at radius 1 is 1.50 bits per heavy atom. The summed E-state index contributed by atoms with van der Waals surface area (Å²) >= 11 is 0. The summed E-state index contributed by atoms with van der Waals surface area (Å²) in [5.74, 6) is 5.57. The summed E-state index contributed by atoms with van der Waals surface area (Å²) in [7, 11) is 0. The molecule has 0 spiro atoms. The second-order valence-corrected chi connectivity index (χ2v) is 2.83. The largest absolute Gasteiger partial charge is 0.298 e. The molecule has 2 nitrogen and oxygen atoms in total. The molecular weight excluding hydrogens is 174 g/mol. The normalized spacial score (nSPS) is 8.29. The van der Waals surface area contributed by atoms with Gasteiger partial charge < -0.3 is 0 Å². The van der Waals surface area contributed by atoms with Crippen LogP contribution in [0, 0.1) is 30.1 Å². The number of nitriles is 1. The van der Waals surface area contributed by atoms with Gasteiger partial charge in [-0.05, 0) is 24.6 Å². The van der Waals surface area contributed by atoms with Crippen LogP contribution in [0.1, 0.15) is 27.9 Å². The molecular formula is C12H9NO. The Kier molecular flexibility index (Phi) is 3.47. The summed E-state index contributed by atoms with van der Waals surface area (Å²) in [6.07, 6.45) is 1.05. The predicted molar refractivity (Wildman–Crippen MR) is 53.7 cm³/mol. The van der Waals surface area contributed by atoms with E-state index in [-0.39, 0.29) is 6.42 Å². The van der Waals surface area contributed by atoms with Crippen molar-refractivity contribution in [3.8, 4) is 17.9 Å². The van der Waals surface area contributed by atoms with Gasteiger partial charge >= 0.3 is 0 Å². The van der Waals surface area contributed by atoms with E-state index in [9.17, 15) is 4.79 Å². The minimum Gasteiger partial charge on any atom is -0.298 e. The molecule has 0 atom stereocenters. The molecule has 2 heteroatoms. The molecule has 0 unspecified atom stereocenters. The van der Waals surface area contributed by atoms with Crippen molar-refractivity contribution in [2.45, 2.75) is 13.3 Å². The smallest absolute Gasteiger partial charge is 0.150 e. The number of benzene rings is 1. The Hall–Kier alpha value is -2.06. The van der Waals surface area contributed by atoms with E-state index in [1.54, 1.807) is 12.1 Å². The third-order valence-electron chi connectivity index (χ3n) is 1.80. The van der Waals surface area contributed by atoms with Gasteiger partial charge in [0.2, 0.25) is 0 Å². The Bertz CT molecular complexity index is 444. The highest BCUT2D eigenvalue weighted by Gasteiger charge is 1.95. The average Bonchev–Trinajstić information content (AvgIpc) is 2.18. The topological polar surface area (TPSA) is 40.9 Å². The third-order valence-corrected chi connectivity index (χ3v) is 1.80. The Labute approximate surface area is 83.2 Å². The van der Waals surface area contributed by atoms with E-state index in [4.69, 9.17) is 5.26 Å². The summed E-state index contributed by atoms with van der Waals surface area (Å²) in [5.41, 5.74) is 2.42. The molecule has 0 aliphatic heterocycles. The Balaban J connectivity index is 2.94. The van der Waals surface area contributed by atoms with Gasteiger partial charge in [0.1, 0.15) is 6.29 Å². The second kappa shape index (κ2) is 4.84. The van der Waals surface area contributed by atoms with Gasteiger partial charge in [-0.15, -0.1) is 0 Å². The van der Waals surface area contributed by atoms with Crippen molar-refractivity contribution in [2.75, 3.05) is 0 Å². The fourth-order valence-electron chi connectivity index (χ4n) is 1.07. The lowest BCUT2D eigenvalue weighted by Gasteiger charge is -1.97. The standard InChI is InChI=1S/C12H9NO/c1-10-8-11(4-2-3-7-13)5-6-12(10)9-14/h5-6,8-9H,3H2,1H3. The first-order chi connectivity index (χ1) is 6.77. The summed E-state index contributed by atoms with van der Waals surface area (Å²) in [5, 5.41) is 8.28. The van der Waals surface area contributed by atoms with Gasteiger partial charge in [-0.25, -0.2) is 0 Å². The molecule has 0 saturated carbocycles. The summed E-state index contributed by atoms with van der Waals surface area (Å²) in [6.45, 7) is 1.86. The third kappa shape index (κ3) is 2.47. The van der Waals surface area contributed by atoms with E-state index in [0.717, 1.165) is 17.4 Å². The van der Waals surface area contributed by atoms with E-state index in [1.807, 2.05) is 19.1 Å². The quantitative estimate of drug-likeness (QED) is 0.494. The molecule has 0 saturated heterocycles. The van der Waals surface area contributed by atoms with Crippen LogP contribution >= 0.6 is 0 Å². The van der Waals surface area contributed by atoms with E-state index in [1.165, 1.54) is 0 Å². The first-order valence-corrected chi connectivity index (χ1v) is 4.19. The zero-order valence-electron chi connectivity index (χ0n) is 7.87. The number of rotatable bonds is 1. The van der Waals surface area contributed by atoms with Crippen molar-refractivity contribution in [1.29, 1.82) is 5.26 Å². The molecule has 14 heavy (non-hydrogen) atoms.